The summed E-state index contributed by atoms with van der Waals surface area (Å²) >= 11 is 0. The predicted molar refractivity (Wildman–Crippen MR) is 77.8 cm³/mol. The minimum Gasteiger partial charge on any atom is -0.373 e. The van der Waals surface area contributed by atoms with Crippen LogP contribution < -0.4 is 10.2 Å². The molecule has 2 aromatic carbocycles. The average molecular weight is 258 g/mol. The summed E-state index contributed by atoms with van der Waals surface area (Å²) < 4.78 is 13.1. The number of nitrogens with one attached hydrogen (secondary N) is 1. The van der Waals surface area contributed by atoms with Gasteiger partial charge in [-0.25, -0.2) is 4.39 Å². The molecule has 0 atom stereocenters. The number of hydrogen-bond acceptors (Lipinski definition) is 2. The van der Waals surface area contributed by atoms with Crippen molar-refractivity contribution in [2.75, 3.05) is 25.0 Å². The summed E-state index contributed by atoms with van der Waals surface area (Å²) in [4.78, 5) is 2.04. The summed E-state index contributed by atoms with van der Waals surface area (Å²) in [6.07, 6.45) is 0. The van der Waals surface area contributed by atoms with E-state index in [9.17, 15) is 4.39 Å². The van der Waals surface area contributed by atoms with Crippen LogP contribution in [0.5, 0.6) is 0 Å². The van der Waals surface area contributed by atoms with Gasteiger partial charge in [-0.05, 0) is 23.8 Å². The van der Waals surface area contributed by atoms with E-state index in [4.69, 9.17) is 0 Å². The van der Waals surface area contributed by atoms with Gasteiger partial charge in [-0.3, -0.25) is 0 Å². The van der Waals surface area contributed by atoms with Crippen LogP contribution >= 0.6 is 0 Å². The van der Waals surface area contributed by atoms with Gasteiger partial charge in [0.05, 0.1) is 0 Å². The molecule has 3 heteroatoms. The molecule has 0 aromatic heterocycles. The van der Waals surface area contributed by atoms with Crippen molar-refractivity contribution in [1.29, 1.82) is 0 Å². The number of benzene rings is 2. The summed E-state index contributed by atoms with van der Waals surface area (Å²) in [5, 5.41) is 3.38. The van der Waals surface area contributed by atoms with Gasteiger partial charge >= 0.3 is 0 Å². The van der Waals surface area contributed by atoms with Crippen LogP contribution in [0.1, 0.15) is 5.56 Å². The third kappa shape index (κ3) is 4.38. The SMILES string of the molecule is CN(CCNCc1ccccc1)c1cccc(F)c1. The quantitative estimate of drug-likeness (QED) is 0.801. The van der Waals surface area contributed by atoms with Crippen molar-refractivity contribution >= 4 is 5.69 Å². The molecule has 0 aliphatic heterocycles. The second-order valence-electron chi connectivity index (χ2n) is 4.56. The van der Waals surface area contributed by atoms with Crippen molar-refractivity contribution in [3.63, 3.8) is 0 Å². The lowest BCUT2D eigenvalue weighted by Gasteiger charge is -2.19. The number of nitrogens with zero attached hydrogens (tertiary/aromatic N) is 1. The van der Waals surface area contributed by atoms with Crippen LogP contribution in [0.2, 0.25) is 0 Å². The lowest BCUT2D eigenvalue weighted by atomic mass is 10.2. The molecule has 0 aliphatic carbocycles. The normalized spacial score (nSPS) is 10.4. The first-order chi connectivity index (χ1) is 9.25. The molecule has 0 bridgehead atoms. The number of hydrogen-bond donors (Lipinski definition) is 1. The van der Waals surface area contributed by atoms with E-state index in [0.29, 0.717) is 0 Å². The summed E-state index contributed by atoms with van der Waals surface area (Å²) in [7, 11) is 1.97. The number of halogens is 1. The Labute approximate surface area is 113 Å². The van der Waals surface area contributed by atoms with Gasteiger partial charge in [0.2, 0.25) is 0 Å². The molecule has 0 aliphatic rings. The topological polar surface area (TPSA) is 15.3 Å². The summed E-state index contributed by atoms with van der Waals surface area (Å²) in [6.45, 7) is 2.57. The first-order valence-corrected chi connectivity index (χ1v) is 6.47. The standard InChI is InChI=1S/C16H19FN2/c1-19(16-9-5-8-15(17)12-16)11-10-18-13-14-6-3-2-4-7-14/h2-9,12,18H,10-11,13H2,1H3. The van der Waals surface area contributed by atoms with Crippen molar-refractivity contribution < 1.29 is 4.39 Å². The lowest BCUT2D eigenvalue weighted by Crippen LogP contribution is -2.28. The van der Waals surface area contributed by atoms with E-state index < -0.39 is 0 Å². The largest absolute Gasteiger partial charge is 0.373 e. The molecule has 0 saturated carbocycles. The molecule has 100 valence electrons. The zero-order valence-corrected chi connectivity index (χ0v) is 11.1. The summed E-state index contributed by atoms with van der Waals surface area (Å²) in [5.74, 6) is -0.193. The molecule has 0 saturated heterocycles. The fourth-order valence-corrected chi connectivity index (χ4v) is 1.92. The Hall–Kier alpha value is -1.87. The first-order valence-electron chi connectivity index (χ1n) is 6.47. The Morgan fingerprint density at radius 2 is 1.84 bits per heavy atom. The Morgan fingerprint density at radius 3 is 2.58 bits per heavy atom. The molecule has 0 heterocycles. The molecule has 0 unspecified atom stereocenters. The zero-order valence-electron chi connectivity index (χ0n) is 11.1. The van der Waals surface area contributed by atoms with E-state index in [1.54, 1.807) is 12.1 Å². The highest BCUT2D eigenvalue weighted by atomic mass is 19.1. The van der Waals surface area contributed by atoms with Crippen molar-refractivity contribution in [3.8, 4) is 0 Å². The van der Waals surface area contributed by atoms with Crippen molar-refractivity contribution in [2.45, 2.75) is 6.54 Å². The van der Waals surface area contributed by atoms with Gasteiger partial charge in [-0.15, -0.1) is 0 Å². The van der Waals surface area contributed by atoms with Crippen LogP contribution in [0, 0.1) is 5.82 Å². The molecular weight excluding hydrogens is 239 g/mol. The van der Waals surface area contributed by atoms with Crippen molar-refractivity contribution in [3.05, 3.63) is 66.0 Å². The molecule has 0 spiro atoms. The van der Waals surface area contributed by atoms with E-state index >= 15 is 0 Å². The maximum absolute atomic E-state index is 13.1. The predicted octanol–water partition coefficient (Wildman–Crippen LogP) is 3.05. The average Bonchev–Trinajstić information content (AvgIpc) is 2.44. The third-order valence-electron chi connectivity index (χ3n) is 3.04. The molecule has 2 nitrogen and oxygen atoms in total. The molecule has 0 amide bonds. The van der Waals surface area contributed by atoms with E-state index in [2.05, 4.69) is 17.4 Å². The van der Waals surface area contributed by atoms with Crippen molar-refractivity contribution in [1.82, 2.24) is 5.32 Å². The minimum absolute atomic E-state index is 0.193. The fraction of sp³-hybridized carbons (Fsp3) is 0.250. The van der Waals surface area contributed by atoms with Crippen molar-refractivity contribution in [2.24, 2.45) is 0 Å². The van der Waals surface area contributed by atoms with Crippen LogP contribution in [-0.2, 0) is 6.54 Å². The smallest absolute Gasteiger partial charge is 0.125 e. The second kappa shape index (κ2) is 6.90. The first kappa shape index (κ1) is 13.6. The summed E-state index contributed by atoms with van der Waals surface area (Å²) in [5.41, 5.74) is 2.18. The Balaban J connectivity index is 1.74. The van der Waals surface area contributed by atoms with E-state index in [1.807, 2.05) is 36.2 Å². The Kier molecular flexibility index (Phi) is 4.93. The molecule has 0 radical (unpaired) electrons. The Bertz CT molecular complexity index is 499. The van der Waals surface area contributed by atoms with Crippen LogP contribution in [0.3, 0.4) is 0 Å². The molecule has 0 fully saturated rings. The maximum Gasteiger partial charge on any atom is 0.125 e. The molecular formula is C16H19FN2. The highest BCUT2D eigenvalue weighted by molar-refractivity contribution is 5.45. The van der Waals surface area contributed by atoms with Gasteiger partial charge in [0, 0.05) is 32.4 Å². The van der Waals surface area contributed by atoms with Gasteiger partial charge in [0.25, 0.3) is 0 Å². The number of rotatable bonds is 6. The Morgan fingerprint density at radius 1 is 1.05 bits per heavy atom. The molecule has 19 heavy (non-hydrogen) atoms. The van der Waals surface area contributed by atoms with E-state index in [1.165, 1.54) is 11.6 Å². The number of anilines is 1. The number of likely N-dealkylation sites (N-methyl/N-ethyl adjacent to an activating group) is 1. The monoisotopic (exact) mass is 258 g/mol. The highest BCUT2D eigenvalue weighted by Gasteiger charge is 2.01. The minimum atomic E-state index is -0.193. The van der Waals surface area contributed by atoms with Crippen LogP contribution in [0.15, 0.2) is 54.6 Å². The molecule has 2 aromatic rings. The third-order valence-corrected chi connectivity index (χ3v) is 3.04. The van der Waals surface area contributed by atoms with Crippen LogP contribution in [-0.4, -0.2) is 20.1 Å². The van der Waals surface area contributed by atoms with Gasteiger partial charge in [-0.1, -0.05) is 36.4 Å². The molecule has 2 rings (SSSR count). The van der Waals surface area contributed by atoms with E-state index in [-0.39, 0.29) is 5.82 Å². The molecule has 1 N–H and O–H groups in total. The van der Waals surface area contributed by atoms with Crippen LogP contribution in [0.25, 0.3) is 0 Å². The van der Waals surface area contributed by atoms with Gasteiger partial charge in [0.1, 0.15) is 5.82 Å². The summed E-state index contributed by atoms with van der Waals surface area (Å²) in [6, 6.07) is 17.0. The van der Waals surface area contributed by atoms with E-state index in [0.717, 1.165) is 25.3 Å². The lowest BCUT2D eigenvalue weighted by molar-refractivity contribution is 0.626. The second-order valence-corrected chi connectivity index (χ2v) is 4.56. The maximum atomic E-state index is 13.1. The van der Waals surface area contributed by atoms with Crippen LogP contribution in [0.4, 0.5) is 10.1 Å². The van der Waals surface area contributed by atoms with Gasteiger partial charge in [0.15, 0.2) is 0 Å². The fourth-order valence-electron chi connectivity index (χ4n) is 1.92. The van der Waals surface area contributed by atoms with Gasteiger partial charge < -0.3 is 10.2 Å². The zero-order chi connectivity index (χ0) is 13.5. The highest BCUT2D eigenvalue weighted by Crippen LogP contribution is 2.12. The van der Waals surface area contributed by atoms with Gasteiger partial charge in [-0.2, -0.15) is 0 Å².